The zero-order valence-electron chi connectivity index (χ0n) is 16.1. The third-order valence-electron chi connectivity index (χ3n) is 5.22. The molecule has 2 rings (SSSR count). The number of hydrogen-bond donors (Lipinski definition) is 2. The Balaban J connectivity index is 1.97. The van der Waals surface area contributed by atoms with E-state index in [1.165, 1.54) is 7.11 Å². The number of carbonyl (C=O) groups excluding carboxylic acids is 2. The lowest BCUT2D eigenvalue weighted by Gasteiger charge is -2.34. The molecule has 1 saturated heterocycles. The number of methoxy groups -OCH3 is 1. The number of H-pyrrole nitrogens is 1. The second-order valence-electron chi connectivity index (χ2n) is 7.18. The first-order chi connectivity index (χ1) is 11.8. The number of aromatic nitrogens is 1. The number of nitrogens with one attached hydrogen (secondary N) is 2. The zero-order chi connectivity index (χ0) is 18.6. The van der Waals surface area contributed by atoms with Crippen LogP contribution in [0.25, 0.3) is 0 Å². The monoisotopic (exact) mass is 349 g/mol. The summed E-state index contributed by atoms with van der Waals surface area (Å²) < 4.78 is 4.70. The molecule has 140 valence electrons. The molecule has 0 bridgehead atoms. The lowest BCUT2D eigenvalue weighted by atomic mass is 10.0. The number of hydrogen-bond acceptors (Lipinski definition) is 4. The van der Waals surface area contributed by atoms with Crippen molar-refractivity contribution in [2.45, 2.75) is 65.5 Å². The van der Waals surface area contributed by atoms with Gasteiger partial charge in [-0.1, -0.05) is 0 Å². The number of likely N-dealkylation sites (tertiary alicyclic amines) is 1. The average Bonchev–Trinajstić information content (AvgIpc) is 2.87. The van der Waals surface area contributed by atoms with Crippen molar-refractivity contribution in [3.63, 3.8) is 0 Å². The Morgan fingerprint density at radius 3 is 2.48 bits per heavy atom. The van der Waals surface area contributed by atoms with E-state index in [1.54, 1.807) is 0 Å². The molecule has 1 aliphatic heterocycles. The highest BCUT2D eigenvalue weighted by atomic mass is 16.5. The standard InChI is InChI=1S/C19H31N3O3/c1-12(2)22-10-8-15(9-11-22)21-19(24)18-13(3)16(14(4)20-18)6-7-17(23)25-5/h12,15,20H,6-11H2,1-5H3,(H,21,24). The van der Waals surface area contributed by atoms with E-state index in [-0.39, 0.29) is 17.9 Å². The molecule has 0 atom stereocenters. The van der Waals surface area contributed by atoms with Crippen molar-refractivity contribution < 1.29 is 14.3 Å². The molecular formula is C19H31N3O3. The predicted molar refractivity (Wildman–Crippen MR) is 97.8 cm³/mol. The summed E-state index contributed by atoms with van der Waals surface area (Å²) in [5.41, 5.74) is 3.52. The lowest BCUT2D eigenvalue weighted by Crippen LogP contribution is -2.46. The van der Waals surface area contributed by atoms with Crippen molar-refractivity contribution in [3.05, 3.63) is 22.5 Å². The lowest BCUT2D eigenvalue weighted by molar-refractivity contribution is -0.140. The molecule has 25 heavy (non-hydrogen) atoms. The summed E-state index contributed by atoms with van der Waals surface area (Å²) in [6.07, 6.45) is 2.88. The topological polar surface area (TPSA) is 74.4 Å². The number of aromatic amines is 1. The Hall–Kier alpha value is -1.82. The van der Waals surface area contributed by atoms with Crippen LogP contribution < -0.4 is 5.32 Å². The Labute approximate surface area is 150 Å². The maximum atomic E-state index is 12.7. The van der Waals surface area contributed by atoms with Crippen LogP contribution in [0.5, 0.6) is 0 Å². The van der Waals surface area contributed by atoms with Crippen molar-refractivity contribution in [1.82, 2.24) is 15.2 Å². The van der Waals surface area contributed by atoms with Crippen LogP contribution in [0.2, 0.25) is 0 Å². The van der Waals surface area contributed by atoms with Gasteiger partial charge in [0.05, 0.1) is 7.11 Å². The highest BCUT2D eigenvalue weighted by Gasteiger charge is 2.24. The van der Waals surface area contributed by atoms with Crippen LogP contribution in [0.3, 0.4) is 0 Å². The number of piperidine rings is 1. The SMILES string of the molecule is COC(=O)CCc1c(C)[nH]c(C(=O)NC2CCN(C(C)C)CC2)c1C. The average molecular weight is 349 g/mol. The van der Waals surface area contributed by atoms with E-state index >= 15 is 0 Å². The second kappa shape index (κ2) is 8.52. The Kier molecular flexibility index (Phi) is 6.64. The normalized spacial score (nSPS) is 16.2. The molecule has 1 fully saturated rings. The molecule has 1 aromatic rings. The van der Waals surface area contributed by atoms with E-state index in [9.17, 15) is 9.59 Å². The molecule has 6 nitrogen and oxygen atoms in total. The largest absolute Gasteiger partial charge is 0.469 e. The Morgan fingerprint density at radius 2 is 1.92 bits per heavy atom. The number of aryl methyl sites for hydroxylation is 1. The molecule has 0 spiro atoms. The maximum Gasteiger partial charge on any atom is 0.305 e. The molecule has 2 N–H and O–H groups in total. The molecule has 1 aliphatic rings. The van der Waals surface area contributed by atoms with E-state index < -0.39 is 0 Å². The Bertz CT molecular complexity index is 614. The van der Waals surface area contributed by atoms with Gasteiger partial charge in [0.1, 0.15) is 5.69 Å². The minimum absolute atomic E-state index is 0.0482. The van der Waals surface area contributed by atoms with Crippen molar-refractivity contribution in [1.29, 1.82) is 0 Å². The first-order valence-electron chi connectivity index (χ1n) is 9.13. The molecule has 1 amide bonds. The zero-order valence-corrected chi connectivity index (χ0v) is 16.1. The first-order valence-corrected chi connectivity index (χ1v) is 9.13. The molecule has 0 saturated carbocycles. The first kappa shape index (κ1) is 19.5. The van der Waals surface area contributed by atoms with Crippen molar-refractivity contribution in [3.8, 4) is 0 Å². The molecule has 2 heterocycles. The van der Waals surface area contributed by atoms with Gasteiger partial charge in [0, 0.05) is 37.3 Å². The quantitative estimate of drug-likeness (QED) is 0.773. The fraction of sp³-hybridized carbons (Fsp3) is 0.684. The van der Waals surface area contributed by atoms with Crippen LogP contribution in [0.15, 0.2) is 0 Å². The van der Waals surface area contributed by atoms with Gasteiger partial charge in [0.25, 0.3) is 5.91 Å². The number of ether oxygens (including phenoxy) is 1. The summed E-state index contributed by atoms with van der Waals surface area (Å²) in [5, 5.41) is 3.16. The van der Waals surface area contributed by atoms with E-state index in [0.29, 0.717) is 24.6 Å². The van der Waals surface area contributed by atoms with Gasteiger partial charge in [-0.3, -0.25) is 9.59 Å². The maximum absolute atomic E-state index is 12.7. The summed E-state index contributed by atoms with van der Waals surface area (Å²) >= 11 is 0. The van der Waals surface area contributed by atoms with Gasteiger partial charge >= 0.3 is 5.97 Å². The van der Waals surface area contributed by atoms with Gasteiger partial charge < -0.3 is 19.9 Å². The van der Waals surface area contributed by atoms with Gasteiger partial charge in [0.2, 0.25) is 0 Å². The molecule has 0 radical (unpaired) electrons. The van der Waals surface area contributed by atoms with Gasteiger partial charge in [-0.15, -0.1) is 0 Å². The van der Waals surface area contributed by atoms with Crippen molar-refractivity contribution >= 4 is 11.9 Å². The molecular weight excluding hydrogens is 318 g/mol. The molecule has 0 unspecified atom stereocenters. The summed E-state index contributed by atoms with van der Waals surface area (Å²) in [7, 11) is 1.39. The minimum atomic E-state index is -0.233. The van der Waals surface area contributed by atoms with Crippen LogP contribution in [0.1, 0.15) is 60.4 Å². The van der Waals surface area contributed by atoms with Crippen molar-refractivity contribution in [2.24, 2.45) is 0 Å². The van der Waals surface area contributed by atoms with E-state index in [0.717, 1.165) is 42.8 Å². The molecule has 6 heteroatoms. The number of esters is 1. The van der Waals surface area contributed by atoms with Crippen LogP contribution in [0.4, 0.5) is 0 Å². The van der Waals surface area contributed by atoms with E-state index in [1.807, 2.05) is 13.8 Å². The third kappa shape index (κ3) is 4.84. The fourth-order valence-electron chi connectivity index (χ4n) is 3.54. The van der Waals surface area contributed by atoms with Crippen LogP contribution in [-0.4, -0.2) is 54.0 Å². The summed E-state index contributed by atoms with van der Waals surface area (Å²) in [4.78, 5) is 29.7. The van der Waals surface area contributed by atoms with Gasteiger partial charge in [-0.25, -0.2) is 0 Å². The van der Waals surface area contributed by atoms with Crippen LogP contribution in [-0.2, 0) is 16.0 Å². The molecule has 1 aromatic heterocycles. The van der Waals surface area contributed by atoms with Gasteiger partial charge in [0.15, 0.2) is 0 Å². The highest BCUT2D eigenvalue weighted by molar-refractivity contribution is 5.94. The van der Waals surface area contributed by atoms with Gasteiger partial charge in [-0.2, -0.15) is 0 Å². The number of nitrogens with zero attached hydrogens (tertiary/aromatic N) is 1. The second-order valence-corrected chi connectivity index (χ2v) is 7.18. The predicted octanol–water partition coefficient (Wildman–Crippen LogP) is 2.34. The third-order valence-corrected chi connectivity index (χ3v) is 5.22. The number of amides is 1. The number of rotatable bonds is 6. The summed E-state index contributed by atoms with van der Waals surface area (Å²) in [5.74, 6) is -0.282. The number of carbonyl (C=O) groups is 2. The summed E-state index contributed by atoms with van der Waals surface area (Å²) in [6, 6.07) is 0.784. The van der Waals surface area contributed by atoms with E-state index in [4.69, 9.17) is 4.74 Å². The Morgan fingerprint density at radius 1 is 1.28 bits per heavy atom. The van der Waals surface area contributed by atoms with Crippen molar-refractivity contribution in [2.75, 3.05) is 20.2 Å². The summed E-state index contributed by atoms with van der Waals surface area (Å²) in [6.45, 7) is 10.3. The van der Waals surface area contributed by atoms with Crippen LogP contribution in [0, 0.1) is 13.8 Å². The highest BCUT2D eigenvalue weighted by Crippen LogP contribution is 2.21. The van der Waals surface area contributed by atoms with E-state index in [2.05, 4.69) is 29.0 Å². The minimum Gasteiger partial charge on any atom is -0.469 e. The fourth-order valence-corrected chi connectivity index (χ4v) is 3.54. The molecule has 0 aliphatic carbocycles. The van der Waals surface area contributed by atoms with Crippen LogP contribution >= 0.6 is 0 Å². The van der Waals surface area contributed by atoms with Gasteiger partial charge in [-0.05, 0) is 58.1 Å². The molecule has 0 aromatic carbocycles. The smallest absolute Gasteiger partial charge is 0.305 e.